The second kappa shape index (κ2) is 7.58. The zero-order chi connectivity index (χ0) is 21.8. The molecule has 0 amide bonds. The van der Waals surface area contributed by atoms with Crippen LogP contribution in [0.2, 0.25) is 0 Å². The molecule has 0 bridgehead atoms. The van der Waals surface area contributed by atoms with Gasteiger partial charge in [0, 0.05) is 23.3 Å². The zero-order valence-electron chi connectivity index (χ0n) is 18.7. The average molecular weight is 426 g/mol. The molecule has 0 spiro atoms. The molecule has 4 saturated carbocycles. The molecular formula is C25H35N3O3. The van der Waals surface area contributed by atoms with Crippen molar-refractivity contribution in [3.63, 3.8) is 0 Å². The quantitative estimate of drug-likeness (QED) is 0.475. The Morgan fingerprint density at radius 3 is 2.58 bits per heavy atom. The molecule has 6 nitrogen and oxygen atoms in total. The average Bonchev–Trinajstić information content (AvgIpc) is 3.09. The number of nitro benzene ring substituents is 1. The third-order valence-corrected chi connectivity index (χ3v) is 9.78. The molecule has 5 rings (SSSR count). The van der Waals surface area contributed by atoms with Crippen molar-refractivity contribution in [2.75, 3.05) is 5.43 Å². The first-order valence-corrected chi connectivity index (χ1v) is 12.1. The highest BCUT2D eigenvalue weighted by atomic mass is 16.6. The Morgan fingerprint density at radius 2 is 1.84 bits per heavy atom. The molecule has 31 heavy (non-hydrogen) atoms. The van der Waals surface area contributed by atoms with Crippen molar-refractivity contribution in [3.05, 3.63) is 34.4 Å². The summed E-state index contributed by atoms with van der Waals surface area (Å²) in [6, 6.07) is 6.50. The molecule has 0 unspecified atom stereocenters. The van der Waals surface area contributed by atoms with E-state index in [1.165, 1.54) is 56.4 Å². The first kappa shape index (κ1) is 20.9. The lowest BCUT2D eigenvalue weighted by atomic mass is 9.45. The van der Waals surface area contributed by atoms with Crippen molar-refractivity contribution >= 4 is 17.1 Å². The van der Waals surface area contributed by atoms with E-state index >= 15 is 0 Å². The summed E-state index contributed by atoms with van der Waals surface area (Å²) in [5.41, 5.74) is 5.92. The molecule has 4 aliphatic carbocycles. The number of nitrogens with one attached hydrogen (secondary N) is 1. The highest BCUT2D eigenvalue weighted by Gasteiger charge is 2.59. The minimum Gasteiger partial charge on any atom is -0.393 e. The zero-order valence-corrected chi connectivity index (χ0v) is 18.7. The summed E-state index contributed by atoms with van der Waals surface area (Å²) in [5.74, 6) is 2.97. The number of fused-ring (bicyclic) bond motifs is 5. The van der Waals surface area contributed by atoms with Crippen molar-refractivity contribution < 1.29 is 10.0 Å². The topological polar surface area (TPSA) is 87.8 Å². The Hall–Kier alpha value is -1.95. The van der Waals surface area contributed by atoms with Gasteiger partial charge in [-0.05, 0) is 99.0 Å². The Morgan fingerprint density at radius 1 is 1.06 bits per heavy atom. The summed E-state index contributed by atoms with van der Waals surface area (Å²) in [5, 5.41) is 25.9. The standard InChI is InChI=1S/C25H35N3O3/c1-24-13-11-19(29)15-16(24)3-8-20-21-9-10-23(25(21,2)14-12-22(20)24)27-26-17-4-6-18(7-5-17)28(30)31/h4-7,16,19-22,26,29H,3,8-15H2,1-2H3/b27-23-/t16-,19-,20+,21+,22+,24+,25+/m1/s1. The van der Waals surface area contributed by atoms with E-state index in [9.17, 15) is 15.2 Å². The van der Waals surface area contributed by atoms with Gasteiger partial charge in [-0.3, -0.25) is 15.5 Å². The van der Waals surface area contributed by atoms with E-state index in [2.05, 4.69) is 19.3 Å². The van der Waals surface area contributed by atoms with E-state index in [1.807, 2.05) is 0 Å². The molecule has 7 atom stereocenters. The van der Waals surface area contributed by atoms with Gasteiger partial charge in [0.2, 0.25) is 0 Å². The fourth-order valence-electron chi connectivity index (χ4n) is 8.00. The molecule has 6 heteroatoms. The minimum absolute atomic E-state index is 0.0841. The van der Waals surface area contributed by atoms with Crippen LogP contribution in [-0.2, 0) is 0 Å². The van der Waals surface area contributed by atoms with Crippen LogP contribution in [-0.4, -0.2) is 21.8 Å². The summed E-state index contributed by atoms with van der Waals surface area (Å²) in [4.78, 5) is 10.5. The SMILES string of the molecule is C[C@]12CC[C@@H](O)C[C@H]1CC[C@@H]1[C@@H]2CC[C@]2(C)/C(=N\Nc3ccc([N+](=O)[O-])cc3)CC[C@@H]12. The molecule has 168 valence electrons. The minimum atomic E-state index is -0.376. The number of non-ortho nitro benzene ring substituents is 1. The molecular weight excluding hydrogens is 390 g/mol. The van der Waals surface area contributed by atoms with Crippen LogP contribution >= 0.6 is 0 Å². The summed E-state index contributed by atoms with van der Waals surface area (Å²) < 4.78 is 0. The summed E-state index contributed by atoms with van der Waals surface area (Å²) >= 11 is 0. The molecule has 0 aliphatic heterocycles. The van der Waals surface area contributed by atoms with Crippen molar-refractivity contribution in [2.24, 2.45) is 39.6 Å². The molecule has 0 saturated heterocycles. The molecule has 0 radical (unpaired) electrons. The molecule has 0 heterocycles. The van der Waals surface area contributed by atoms with E-state index in [0.29, 0.717) is 17.3 Å². The normalized spacial score (nSPS) is 43.1. The van der Waals surface area contributed by atoms with Crippen LogP contribution in [0.25, 0.3) is 0 Å². The second-order valence-corrected chi connectivity index (χ2v) is 11.1. The lowest BCUT2D eigenvalue weighted by molar-refractivity contribution is -0.384. The number of nitrogens with zero attached hydrogens (tertiary/aromatic N) is 2. The summed E-state index contributed by atoms with van der Waals surface area (Å²) in [6.45, 7) is 4.96. The molecule has 1 aromatic carbocycles. The van der Waals surface area contributed by atoms with Crippen LogP contribution in [0, 0.1) is 44.6 Å². The number of hydrogen-bond acceptors (Lipinski definition) is 5. The highest BCUT2D eigenvalue weighted by Crippen LogP contribution is 2.65. The number of benzene rings is 1. The lowest BCUT2D eigenvalue weighted by Crippen LogP contribution is -2.54. The first-order chi connectivity index (χ1) is 14.8. The van der Waals surface area contributed by atoms with Gasteiger partial charge in [0.25, 0.3) is 5.69 Å². The number of aliphatic hydroxyl groups excluding tert-OH is 1. The number of hydrazone groups is 1. The van der Waals surface area contributed by atoms with Crippen LogP contribution in [0.1, 0.15) is 71.6 Å². The van der Waals surface area contributed by atoms with Crippen LogP contribution in [0.15, 0.2) is 29.4 Å². The number of rotatable bonds is 3. The maximum Gasteiger partial charge on any atom is 0.269 e. The number of anilines is 1. The highest BCUT2D eigenvalue weighted by molar-refractivity contribution is 5.93. The molecule has 2 N–H and O–H groups in total. The first-order valence-electron chi connectivity index (χ1n) is 12.1. The van der Waals surface area contributed by atoms with Gasteiger partial charge in [-0.1, -0.05) is 13.8 Å². The Kier molecular flexibility index (Phi) is 5.11. The van der Waals surface area contributed by atoms with Gasteiger partial charge in [0.1, 0.15) is 0 Å². The largest absolute Gasteiger partial charge is 0.393 e. The van der Waals surface area contributed by atoms with Gasteiger partial charge in [0.05, 0.1) is 16.7 Å². The Labute approximate surface area is 184 Å². The van der Waals surface area contributed by atoms with Crippen molar-refractivity contribution in [3.8, 4) is 0 Å². The van der Waals surface area contributed by atoms with Crippen LogP contribution in [0.3, 0.4) is 0 Å². The van der Waals surface area contributed by atoms with Crippen LogP contribution < -0.4 is 5.43 Å². The molecule has 1 aromatic rings. The number of aliphatic hydroxyl groups is 1. The molecule has 4 fully saturated rings. The van der Waals surface area contributed by atoms with E-state index in [0.717, 1.165) is 36.8 Å². The monoisotopic (exact) mass is 425 g/mol. The molecule has 0 aromatic heterocycles. The molecule has 4 aliphatic rings. The van der Waals surface area contributed by atoms with Gasteiger partial charge < -0.3 is 5.11 Å². The van der Waals surface area contributed by atoms with E-state index in [-0.39, 0.29) is 22.1 Å². The predicted octanol–water partition coefficient (Wildman–Crippen LogP) is 5.77. The fraction of sp³-hybridized carbons (Fsp3) is 0.720. The lowest BCUT2D eigenvalue weighted by Gasteiger charge is -2.60. The van der Waals surface area contributed by atoms with Crippen LogP contribution in [0.4, 0.5) is 11.4 Å². The van der Waals surface area contributed by atoms with E-state index < -0.39 is 0 Å². The second-order valence-electron chi connectivity index (χ2n) is 11.1. The van der Waals surface area contributed by atoms with Gasteiger partial charge in [-0.25, -0.2) is 0 Å². The fourth-order valence-corrected chi connectivity index (χ4v) is 8.00. The predicted molar refractivity (Wildman–Crippen MR) is 122 cm³/mol. The van der Waals surface area contributed by atoms with Crippen LogP contribution in [0.5, 0.6) is 0 Å². The van der Waals surface area contributed by atoms with Gasteiger partial charge >= 0.3 is 0 Å². The van der Waals surface area contributed by atoms with Gasteiger partial charge in [0.15, 0.2) is 0 Å². The maximum absolute atomic E-state index is 10.9. The number of nitro groups is 1. The van der Waals surface area contributed by atoms with Crippen molar-refractivity contribution in [1.29, 1.82) is 0 Å². The number of hydrogen-bond donors (Lipinski definition) is 2. The Bertz CT molecular complexity index is 885. The third-order valence-electron chi connectivity index (χ3n) is 9.78. The van der Waals surface area contributed by atoms with Crippen molar-refractivity contribution in [1.82, 2.24) is 0 Å². The summed E-state index contributed by atoms with van der Waals surface area (Å²) in [6.07, 6.45) is 10.4. The smallest absolute Gasteiger partial charge is 0.269 e. The maximum atomic E-state index is 10.9. The van der Waals surface area contributed by atoms with E-state index in [1.54, 1.807) is 12.1 Å². The summed E-state index contributed by atoms with van der Waals surface area (Å²) in [7, 11) is 0. The third kappa shape index (κ3) is 3.38. The van der Waals surface area contributed by atoms with Crippen molar-refractivity contribution in [2.45, 2.75) is 77.7 Å². The Balaban J connectivity index is 1.33. The van der Waals surface area contributed by atoms with Gasteiger partial charge in [-0.15, -0.1) is 0 Å². The van der Waals surface area contributed by atoms with Gasteiger partial charge in [-0.2, -0.15) is 5.10 Å². The van der Waals surface area contributed by atoms with E-state index in [4.69, 9.17) is 5.10 Å².